The highest BCUT2D eigenvalue weighted by Gasteiger charge is 2.11. The van der Waals surface area contributed by atoms with Crippen molar-refractivity contribution >= 4 is 0 Å². The second-order valence-electron chi connectivity index (χ2n) is 8.63. The molecule has 1 heteroatoms. The Morgan fingerprint density at radius 1 is 0.393 bits per heavy atom. The number of rotatable bonds is 6. The van der Waals surface area contributed by atoms with Gasteiger partial charge in [0.2, 0.25) is 0 Å². The van der Waals surface area contributed by atoms with Gasteiger partial charge < -0.3 is 0 Å². The van der Waals surface area contributed by atoms with Crippen LogP contribution in [0.1, 0.15) is 50.1 Å². The van der Waals surface area contributed by atoms with Gasteiger partial charge in [0.15, 0.2) is 0 Å². The first-order valence-corrected chi connectivity index (χ1v) is 10.2. The largest absolute Gasteiger partial charge is 0.291 e. The fourth-order valence-electron chi connectivity index (χ4n) is 4.42. The lowest BCUT2D eigenvalue weighted by molar-refractivity contribution is 0.247. The van der Waals surface area contributed by atoms with Crippen molar-refractivity contribution in [3.8, 4) is 0 Å². The number of benzene rings is 3. The van der Waals surface area contributed by atoms with Crippen LogP contribution in [0.5, 0.6) is 0 Å². The van der Waals surface area contributed by atoms with E-state index < -0.39 is 0 Å². The van der Waals surface area contributed by atoms with E-state index in [1.807, 2.05) is 0 Å². The molecule has 0 aromatic heterocycles. The summed E-state index contributed by atoms with van der Waals surface area (Å²) >= 11 is 0. The summed E-state index contributed by atoms with van der Waals surface area (Å²) in [4.78, 5) is 2.57. The first kappa shape index (κ1) is 20.4. The average molecular weight is 372 g/mol. The Labute approximate surface area is 171 Å². The third kappa shape index (κ3) is 5.81. The third-order valence-electron chi connectivity index (χ3n) is 5.06. The summed E-state index contributed by atoms with van der Waals surface area (Å²) in [6.07, 6.45) is 0. The molecule has 3 rings (SSSR count). The lowest BCUT2D eigenvalue weighted by atomic mass is 10.0. The molecule has 0 fully saturated rings. The molecule has 0 saturated carbocycles. The van der Waals surface area contributed by atoms with E-state index in [4.69, 9.17) is 0 Å². The highest BCUT2D eigenvalue weighted by molar-refractivity contribution is 5.32. The summed E-state index contributed by atoms with van der Waals surface area (Å²) in [5.74, 6) is 0. The van der Waals surface area contributed by atoms with E-state index in [0.717, 1.165) is 19.6 Å². The van der Waals surface area contributed by atoms with Crippen molar-refractivity contribution in [2.24, 2.45) is 0 Å². The van der Waals surface area contributed by atoms with Crippen molar-refractivity contribution in [2.75, 3.05) is 0 Å². The maximum absolute atomic E-state index is 2.57. The van der Waals surface area contributed by atoms with Crippen molar-refractivity contribution in [3.05, 3.63) is 105 Å². The Bertz CT molecular complexity index is 780. The van der Waals surface area contributed by atoms with Gasteiger partial charge in [0.05, 0.1) is 0 Å². The van der Waals surface area contributed by atoms with Crippen LogP contribution in [0.3, 0.4) is 0 Å². The van der Waals surface area contributed by atoms with Crippen LogP contribution in [-0.2, 0) is 19.6 Å². The Morgan fingerprint density at radius 2 is 0.607 bits per heavy atom. The Balaban J connectivity index is 1.89. The normalized spacial score (nSPS) is 11.2. The molecule has 3 aromatic carbocycles. The maximum atomic E-state index is 2.57. The van der Waals surface area contributed by atoms with Gasteiger partial charge in [0.1, 0.15) is 0 Å². The minimum Gasteiger partial charge on any atom is -0.291 e. The average Bonchev–Trinajstić information content (AvgIpc) is 2.51. The molecule has 0 saturated heterocycles. The smallest absolute Gasteiger partial charge is 0.0241 e. The molecule has 0 radical (unpaired) electrons. The van der Waals surface area contributed by atoms with Gasteiger partial charge in [0, 0.05) is 19.6 Å². The molecule has 0 aliphatic carbocycles. The van der Waals surface area contributed by atoms with Crippen molar-refractivity contribution < 1.29 is 0 Å². The monoisotopic (exact) mass is 371 g/mol. The van der Waals surface area contributed by atoms with Crippen LogP contribution >= 0.6 is 0 Å². The minimum absolute atomic E-state index is 0.961. The predicted molar refractivity (Wildman–Crippen MR) is 121 cm³/mol. The van der Waals surface area contributed by atoms with Crippen LogP contribution in [0.15, 0.2) is 54.6 Å². The van der Waals surface area contributed by atoms with E-state index in [9.17, 15) is 0 Å². The van der Waals surface area contributed by atoms with Crippen molar-refractivity contribution in [1.29, 1.82) is 0 Å². The first-order chi connectivity index (χ1) is 13.3. The van der Waals surface area contributed by atoms with Gasteiger partial charge in [-0.1, -0.05) is 88.0 Å². The Kier molecular flexibility index (Phi) is 6.36. The second kappa shape index (κ2) is 8.75. The zero-order chi connectivity index (χ0) is 20.3. The number of nitrogens with zero attached hydrogens (tertiary/aromatic N) is 1. The molecular weight excluding hydrogens is 338 g/mol. The summed E-state index contributed by atoms with van der Waals surface area (Å²) in [6, 6.07) is 20.7. The second-order valence-corrected chi connectivity index (χ2v) is 8.63. The summed E-state index contributed by atoms with van der Waals surface area (Å²) in [6.45, 7) is 16.0. The summed E-state index contributed by atoms with van der Waals surface area (Å²) in [5, 5.41) is 0. The highest BCUT2D eigenvalue weighted by atomic mass is 15.1. The molecular formula is C27H33N. The van der Waals surface area contributed by atoms with Crippen molar-refractivity contribution in [3.63, 3.8) is 0 Å². The van der Waals surface area contributed by atoms with Crippen LogP contribution in [-0.4, -0.2) is 4.90 Å². The molecule has 3 aromatic rings. The SMILES string of the molecule is Cc1cc(C)cc(CN(Cc2cc(C)cc(C)c2)Cc2cc(C)cc(C)c2)c1. The van der Waals surface area contributed by atoms with Gasteiger partial charge in [-0.05, 0) is 58.2 Å². The number of hydrogen-bond donors (Lipinski definition) is 0. The molecule has 0 atom stereocenters. The lowest BCUT2D eigenvalue weighted by Crippen LogP contribution is -2.23. The topological polar surface area (TPSA) is 3.24 Å². The zero-order valence-corrected chi connectivity index (χ0v) is 18.3. The minimum atomic E-state index is 0.961. The molecule has 0 aliphatic heterocycles. The van der Waals surface area contributed by atoms with Crippen LogP contribution in [0.2, 0.25) is 0 Å². The van der Waals surface area contributed by atoms with Gasteiger partial charge in [0.25, 0.3) is 0 Å². The van der Waals surface area contributed by atoms with E-state index in [1.165, 1.54) is 50.1 Å². The third-order valence-corrected chi connectivity index (χ3v) is 5.06. The van der Waals surface area contributed by atoms with E-state index in [2.05, 4.69) is 101 Å². The van der Waals surface area contributed by atoms with E-state index in [1.54, 1.807) is 0 Å². The molecule has 0 aliphatic rings. The maximum Gasteiger partial charge on any atom is 0.0241 e. The van der Waals surface area contributed by atoms with Crippen LogP contribution in [0.4, 0.5) is 0 Å². The molecule has 0 amide bonds. The van der Waals surface area contributed by atoms with E-state index >= 15 is 0 Å². The quantitative estimate of drug-likeness (QED) is 0.464. The van der Waals surface area contributed by atoms with Gasteiger partial charge in [-0.15, -0.1) is 0 Å². The molecule has 1 nitrogen and oxygen atoms in total. The van der Waals surface area contributed by atoms with Gasteiger partial charge in [-0.2, -0.15) is 0 Å². The highest BCUT2D eigenvalue weighted by Crippen LogP contribution is 2.19. The summed E-state index contributed by atoms with van der Waals surface area (Å²) in [5.41, 5.74) is 12.2. The Morgan fingerprint density at radius 3 is 0.821 bits per heavy atom. The van der Waals surface area contributed by atoms with Crippen molar-refractivity contribution in [1.82, 2.24) is 4.90 Å². The zero-order valence-electron chi connectivity index (χ0n) is 18.3. The predicted octanol–water partition coefficient (Wildman–Crippen LogP) is 6.74. The molecule has 0 unspecified atom stereocenters. The number of aryl methyl sites for hydroxylation is 6. The summed E-state index contributed by atoms with van der Waals surface area (Å²) in [7, 11) is 0. The first-order valence-electron chi connectivity index (χ1n) is 10.2. The fraction of sp³-hybridized carbons (Fsp3) is 0.333. The molecule has 0 bridgehead atoms. The molecule has 0 heterocycles. The molecule has 28 heavy (non-hydrogen) atoms. The summed E-state index contributed by atoms with van der Waals surface area (Å²) < 4.78 is 0. The van der Waals surface area contributed by atoms with Gasteiger partial charge in [-0.25, -0.2) is 0 Å². The van der Waals surface area contributed by atoms with Crippen molar-refractivity contribution in [2.45, 2.75) is 61.2 Å². The van der Waals surface area contributed by atoms with Crippen LogP contribution in [0.25, 0.3) is 0 Å². The fourth-order valence-corrected chi connectivity index (χ4v) is 4.42. The van der Waals surface area contributed by atoms with Crippen LogP contribution in [0, 0.1) is 41.5 Å². The van der Waals surface area contributed by atoms with Gasteiger partial charge >= 0.3 is 0 Å². The molecule has 0 N–H and O–H groups in total. The Hall–Kier alpha value is -2.38. The van der Waals surface area contributed by atoms with E-state index in [0.29, 0.717) is 0 Å². The van der Waals surface area contributed by atoms with E-state index in [-0.39, 0.29) is 0 Å². The molecule has 0 spiro atoms. The van der Waals surface area contributed by atoms with Crippen LogP contribution < -0.4 is 0 Å². The van der Waals surface area contributed by atoms with Gasteiger partial charge in [-0.3, -0.25) is 4.90 Å². The number of hydrogen-bond acceptors (Lipinski definition) is 1. The standard InChI is InChI=1S/C27H33N/c1-19-7-20(2)11-25(10-19)16-28(17-26-12-21(3)8-22(4)13-26)18-27-14-23(5)9-24(6)15-27/h7-15H,16-18H2,1-6H3. The lowest BCUT2D eigenvalue weighted by Gasteiger charge is -2.24. The molecule has 146 valence electrons.